The topological polar surface area (TPSA) is 152 Å². The Morgan fingerprint density at radius 2 is 2.14 bits per heavy atom. The van der Waals surface area contributed by atoms with E-state index in [1.54, 1.807) is 4.90 Å². The van der Waals surface area contributed by atoms with E-state index in [1.807, 2.05) is 0 Å². The van der Waals surface area contributed by atoms with Crippen LogP contribution in [0.25, 0.3) is 0 Å². The third-order valence-corrected chi connectivity index (χ3v) is 7.71. The number of aliphatic hydroxyl groups is 1. The minimum atomic E-state index is -3.95. The van der Waals surface area contributed by atoms with Crippen molar-refractivity contribution in [3.05, 3.63) is 17.7 Å². The number of halogens is 1. The highest BCUT2D eigenvalue weighted by Gasteiger charge is 2.36. The summed E-state index contributed by atoms with van der Waals surface area (Å²) in [5.74, 6) is -0.393. The van der Waals surface area contributed by atoms with Crippen LogP contribution in [0.3, 0.4) is 0 Å². The summed E-state index contributed by atoms with van der Waals surface area (Å²) in [6.45, 7) is 1.21. The molecule has 2 heterocycles. The number of hydrogen-bond donors (Lipinski definition) is 6. The summed E-state index contributed by atoms with van der Waals surface area (Å²) in [6, 6.07) is 2.64. The van der Waals surface area contributed by atoms with E-state index in [-0.39, 0.29) is 59.4 Å². The maximum absolute atomic E-state index is 14.3. The number of nitrogens with zero attached hydrogens (tertiary/aromatic N) is 1. The maximum Gasteiger partial charge on any atom is 0.242 e. The van der Waals surface area contributed by atoms with E-state index < -0.39 is 28.1 Å². The fourth-order valence-electron chi connectivity index (χ4n) is 3.72. The molecule has 9 nitrogen and oxygen atoms in total. The van der Waals surface area contributed by atoms with E-state index in [0.717, 1.165) is 0 Å². The number of rotatable bonds is 7. The lowest BCUT2D eigenvalue weighted by atomic mass is 9.93. The van der Waals surface area contributed by atoms with Gasteiger partial charge in [-0.2, -0.15) is 0 Å². The van der Waals surface area contributed by atoms with Gasteiger partial charge in [0.15, 0.2) is 0 Å². The minimum absolute atomic E-state index is 0.0345. The molecule has 0 bridgehead atoms. The fourth-order valence-corrected chi connectivity index (χ4v) is 5.99. The van der Waals surface area contributed by atoms with E-state index in [1.165, 1.54) is 12.1 Å². The van der Waals surface area contributed by atoms with Gasteiger partial charge in [0, 0.05) is 56.2 Å². The molecule has 162 valence electrons. The minimum Gasteiger partial charge on any atom is -0.393 e. The Labute approximate surface area is 173 Å². The van der Waals surface area contributed by atoms with Crippen LogP contribution in [-0.2, 0) is 10.0 Å². The summed E-state index contributed by atoms with van der Waals surface area (Å²) in [6.07, 6.45) is 0.847. The first kappa shape index (κ1) is 22.2. The normalized spacial score (nSPS) is 22.0. The number of benzene rings is 1. The predicted molar refractivity (Wildman–Crippen MR) is 110 cm³/mol. The van der Waals surface area contributed by atoms with Crippen molar-refractivity contribution in [2.75, 3.05) is 37.7 Å². The van der Waals surface area contributed by atoms with Gasteiger partial charge in [0.1, 0.15) is 11.5 Å². The summed E-state index contributed by atoms with van der Waals surface area (Å²) in [5, 5.41) is 20.3. The van der Waals surface area contributed by atoms with Crippen molar-refractivity contribution < 1.29 is 22.5 Å². The molecule has 2 saturated heterocycles. The van der Waals surface area contributed by atoms with Crippen molar-refractivity contribution in [2.24, 2.45) is 5.73 Å². The van der Waals surface area contributed by atoms with Crippen LogP contribution in [0.2, 0.25) is 0 Å². The van der Waals surface area contributed by atoms with Crippen molar-refractivity contribution in [1.82, 2.24) is 10.0 Å². The highest BCUT2D eigenvalue weighted by molar-refractivity contribution is 7.95. The van der Waals surface area contributed by atoms with Gasteiger partial charge in [0.25, 0.3) is 0 Å². The number of sulfonamides is 1. The quantitative estimate of drug-likeness (QED) is 0.201. The Morgan fingerprint density at radius 1 is 1.45 bits per heavy atom. The molecule has 7 N–H and O–H groups in total. The number of alkyl halides is 1. The number of aliphatic hydroxyl groups excluding tert-OH is 1. The molecule has 0 unspecified atom stereocenters. The first-order chi connectivity index (χ1) is 13.7. The average Bonchev–Trinajstić information content (AvgIpc) is 3.19. The number of anilines is 1. The number of piperidine rings is 1. The zero-order valence-corrected chi connectivity index (χ0v) is 17.5. The van der Waals surface area contributed by atoms with Gasteiger partial charge in [0.05, 0.1) is 22.0 Å². The zero-order chi connectivity index (χ0) is 21.2. The second-order valence-electron chi connectivity index (χ2n) is 7.40. The predicted octanol–water partition coefficient (Wildman–Crippen LogP) is 0.477. The molecular formula is C17H26FN5O4S2. The van der Waals surface area contributed by atoms with Gasteiger partial charge in [-0.3, -0.25) is 5.41 Å². The van der Waals surface area contributed by atoms with Gasteiger partial charge in [-0.05, 0) is 25.1 Å². The number of nitrogens with two attached hydrogens (primary N) is 1. The number of hydrogen-bond acceptors (Lipinski definition) is 8. The second-order valence-corrected chi connectivity index (χ2v) is 9.67. The lowest BCUT2D eigenvalue weighted by Gasteiger charge is -2.37. The van der Waals surface area contributed by atoms with Gasteiger partial charge >= 0.3 is 0 Å². The molecular weight excluding hydrogens is 421 g/mol. The molecule has 0 aromatic heterocycles. The number of nitrogen functional groups attached to an aromatic ring is 1. The van der Waals surface area contributed by atoms with Crippen LogP contribution in [0.15, 0.2) is 21.9 Å². The zero-order valence-electron chi connectivity index (χ0n) is 15.8. The average molecular weight is 448 g/mol. The monoisotopic (exact) mass is 447 g/mol. The van der Waals surface area contributed by atoms with Crippen LogP contribution in [0, 0.1) is 5.41 Å². The van der Waals surface area contributed by atoms with Crippen molar-refractivity contribution >= 4 is 33.6 Å². The summed E-state index contributed by atoms with van der Waals surface area (Å²) in [4.78, 5) is 1.60. The molecule has 2 fully saturated rings. The van der Waals surface area contributed by atoms with Crippen molar-refractivity contribution in [3.8, 4) is 0 Å². The van der Waals surface area contributed by atoms with Gasteiger partial charge in [-0.1, -0.05) is 0 Å². The lowest BCUT2D eigenvalue weighted by Crippen LogP contribution is -2.44. The van der Waals surface area contributed by atoms with Crippen molar-refractivity contribution in [1.29, 1.82) is 5.41 Å². The Morgan fingerprint density at radius 3 is 2.66 bits per heavy atom. The van der Waals surface area contributed by atoms with Gasteiger partial charge in [0.2, 0.25) is 10.0 Å². The Bertz CT molecular complexity index is 869. The summed E-state index contributed by atoms with van der Waals surface area (Å²) >= 11 is 0.221. The van der Waals surface area contributed by atoms with E-state index in [0.29, 0.717) is 25.2 Å². The Kier molecular flexibility index (Phi) is 6.70. The second kappa shape index (κ2) is 8.74. The molecule has 0 aliphatic carbocycles. The van der Waals surface area contributed by atoms with Gasteiger partial charge in [-0.15, -0.1) is 0 Å². The molecule has 1 atom stereocenters. The van der Waals surface area contributed by atoms with Gasteiger partial charge < -0.3 is 25.6 Å². The van der Waals surface area contributed by atoms with Crippen LogP contribution in [0.1, 0.15) is 24.8 Å². The molecule has 0 amide bonds. The highest BCUT2D eigenvalue weighted by atomic mass is 32.2. The maximum atomic E-state index is 14.3. The Balaban J connectivity index is 1.97. The third-order valence-electron chi connectivity index (χ3n) is 5.42. The number of amidine groups is 1. The van der Waals surface area contributed by atoms with E-state index in [4.69, 9.17) is 11.1 Å². The lowest BCUT2D eigenvalue weighted by molar-refractivity contribution is 0.0481. The van der Waals surface area contributed by atoms with E-state index in [2.05, 4.69) is 10.0 Å². The fraction of sp³-hybridized carbons (Fsp3) is 0.588. The van der Waals surface area contributed by atoms with Crippen molar-refractivity contribution in [2.45, 2.75) is 40.8 Å². The first-order valence-electron chi connectivity index (χ1n) is 9.31. The van der Waals surface area contributed by atoms with Crippen LogP contribution >= 0.6 is 12.0 Å². The molecule has 2 aliphatic rings. The van der Waals surface area contributed by atoms with E-state index in [9.17, 15) is 22.5 Å². The molecule has 1 aromatic rings. The molecule has 0 saturated carbocycles. The standard InChI is InChI=1S/C17H26FN5O4S2/c18-17(10-24)4-7-23(8-5-17)12-1-2-13(15(28-25)14(12)16(19)20)29(26,27)22-11-3-6-21-9-11/h1-2,11,21-22,24-25H,3-10H2,(H3,19,20)/t11-/m1/s1. The largest absolute Gasteiger partial charge is 0.393 e. The summed E-state index contributed by atoms with van der Waals surface area (Å²) in [7, 11) is -3.95. The first-order valence-corrected chi connectivity index (χ1v) is 11.6. The van der Waals surface area contributed by atoms with Crippen LogP contribution in [0.4, 0.5) is 10.1 Å². The summed E-state index contributed by atoms with van der Waals surface area (Å²) < 4.78 is 52.6. The molecule has 2 aliphatic heterocycles. The van der Waals surface area contributed by atoms with Crippen LogP contribution in [0.5, 0.6) is 0 Å². The molecule has 3 rings (SSSR count). The molecule has 29 heavy (non-hydrogen) atoms. The molecule has 1 aromatic carbocycles. The van der Waals surface area contributed by atoms with Crippen LogP contribution < -0.4 is 20.7 Å². The molecule has 12 heteroatoms. The molecule has 0 radical (unpaired) electrons. The smallest absolute Gasteiger partial charge is 0.242 e. The Hall–Kier alpha value is -1.44. The van der Waals surface area contributed by atoms with Gasteiger partial charge in [-0.25, -0.2) is 17.5 Å². The third kappa shape index (κ3) is 4.67. The van der Waals surface area contributed by atoms with E-state index >= 15 is 0 Å². The van der Waals surface area contributed by atoms with Crippen molar-refractivity contribution in [3.63, 3.8) is 0 Å². The molecule has 0 spiro atoms. The SMILES string of the molecule is N=C(N)c1c(N2CCC(F)(CO)CC2)ccc(S(=O)(=O)N[C@@H]2CCNC2)c1SO. The van der Waals surface area contributed by atoms with Crippen LogP contribution in [-0.4, -0.2) is 68.4 Å². The summed E-state index contributed by atoms with van der Waals surface area (Å²) in [5.41, 5.74) is 4.65. The number of nitrogens with one attached hydrogen (secondary N) is 3. The highest BCUT2D eigenvalue weighted by Crippen LogP contribution is 2.37.